The fourth-order valence-corrected chi connectivity index (χ4v) is 3.19. The van der Waals surface area contributed by atoms with E-state index in [1.54, 1.807) is 0 Å². The number of benzene rings is 2. The number of imide groups is 1. The van der Waals surface area contributed by atoms with E-state index in [4.69, 9.17) is 10.1 Å². The fraction of sp³-hybridized carbons (Fsp3) is 0.150. The first-order valence-electron chi connectivity index (χ1n) is 8.56. The minimum absolute atomic E-state index is 0.0148. The SMILES string of the molecule is Cn1c(-c2ccccc2)nc2cc(NC3=CC(=O)N(CCO)C3=O)ccc21. The first kappa shape index (κ1) is 17.0. The molecule has 0 atom stereocenters. The van der Waals surface area contributed by atoms with E-state index < -0.39 is 11.8 Å². The molecule has 0 radical (unpaired) electrons. The Bertz CT molecular complexity index is 1070. The second-order valence-electron chi connectivity index (χ2n) is 6.27. The Morgan fingerprint density at radius 3 is 2.63 bits per heavy atom. The highest BCUT2D eigenvalue weighted by Gasteiger charge is 2.30. The van der Waals surface area contributed by atoms with Crippen LogP contribution in [0.2, 0.25) is 0 Å². The number of carbonyl (C=O) groups is 2. The summed E-state index contributed by atoms with van der Waals surface area (Å²) < 4.78 is 2.01. The molecule has 2 amide bonds. The lowest BCUT2D eigenvalue weighted by atomic mass is 10.2. The smallest absolute Gasteiger partial charge is 0.277 e. The number of nitrogens with one attached hydrogen (secondary N) is 1. The third-order valence-electron chi connectivity index (χ3n) is 4.52. The summed E-state index contributed by atoms with van der Waals surface area (Å²) in [6, 6.07) is 15.5. The lowest BCUT2D eigenvalue weighted by molar-refractivity contribution is -0.137. The minimum atomic E-state index is -0.444. The van der Waals surface area contributed by atoms with Gasteiger partial charge in [0.15, 0.2) is 0 Å². The van der Waals surface area contributed by atoms with Gasteiger partial charge in [0, 0.05) is 24.4 Å². The van der Waals surface area contributed by atoms with Crippen molar-refractivity contribution >= 4 is 28.5 Å². The van der Waals surface area contributed by atoms with E-state index in [1.165, 1.54) is 6.08 Å². The second-order valence-corrected chi connectivity index (χ2v) is 6.27. The Hall–Kier alpha value is -3.45. The number of rotatable bonds is 5. The maximum atomic E-state index is 12.3. The second kappa shape index (κ2) is 6.69. The fourth-order valence-electron chi connectivity index (χ4n) is 3.19. The number of anilines is 1. The summed E-state index contributed by atoms with van der Waals surface area (Å²) in [5, 5.41) is 12.0. The molecule has 1 aliphatic heterocycles. The molecule has 3 aromatic rings. The van der Waals surface area contributed by atoms with Crippen LogP contribution in [0.1, 0.15) is 0 Å². The van der Waals surface area contributed by atoms with Crippen molar-refractivity contribution in [2.45, 2.75) is 0 Å². The number of β-amino-alcohol motifs (C(OH)–C–C–N with tert-alkyl or cyclic N) is 1. The third-order valence-corrected chi connectivity index (χ3v) is 4.52. The van der Waals surface area contributed by atoms with Gasteiger partial charge >= 0.3 is 0 Å². The highest BCUT2D eigenvalue weighted by molar-refractivity contribution is 6.17. The molecule has 7 nitrogen and oxygen atoms in total. The average molecular weight is 362 g/mol. The zero-order valence-electron chi connectivity index (χ0n) is 14.7. The Morgan fingerprint density at radius 1 is 1.11 bits per heavy atom. The lowest BCUT2D eigenvalue weighted by Gasteiger charge is -2.13. The minimum Gasteiger partial charge on any atom is -0.395 e. The number of aryl methyl sites for hydroxylation is 1. The molecule has 0 bridgehead atoms. The Balaban J connectivity index is 1.64. The number of fused-ring (bicyclic) bond motifs is 1. The third kappa shape index (κ3) is 2.98. The summed E-state index contributed by atoms with van der Waals surface area (Å²) in [6.07, 6.45) is 1.25. The first-order valence-corrected chi connectivity index (χ1v) is 8.56. The monoisotopic (exact) mass is 362 g/mol. The topological polar surface area (TPSA) is 87.5 Å². The van der Waals surface area contributed by atoms with E-state index in [1.807, 2.05) is 60.1 Å². The van der Waals surface area contributed by atoms with Gasteiger partial charge in [-0.2, -0.15) is 0 Å². The van der Waals surface area contributed by atoms with Gasteiger partial charge in [0.05, 0.1) is 24.2 Å². The van der Waals surface area contributed by atoms with Crippen LogP contribution in [0.3, 0.4) is 0 Å². The standard InChI is InChI=1S/C20H18N4O3/c1-23-17-8-7-14(21-16-12-18(26)24(9-10-25)20(16)27)11-15(17)22-19(23)13-5-3-2-4-6-13/h2-8,11-12,21,25H,9-10H2,1H3. The molecular weight excluding hydrogens is 344 g/mol. The summed E-state index contributed by atoms with van der Waals surface area (Å²) in [4.78, 5) is 29.8. The van der Waals surface area contributed by atoms with Crippen molar-refractivity contribution in [3.63, 3.8) is 0 Å². The molecule has 2 N–H and O–H groups in total. The van der Waals surface area contributed by atoms with Crippen molar-refractivity contribution in [2.24, 2.45) is 7.05 Å². The van der Waals surface area contributed by atoms with E-state index >= 15 is 0 Å². The van der Waals surface area contributed by atoms with Crippen LogP contribution in [0.25, 0.3) is 22.4 Å². The summed E-state index contributed by atoms with van der Waals surface area (Å²) >= 11 is 0. The molecule has 0 fully saturated rings. The average Bonchev–Trinajstić information content (AvgIpc) is 3.14. The van der Waals surface area contributed by atoms with E-state index in [-0.39, 0.29) is 18.8 Å². The molecule has 1 aromatic heterocycles. The molecule has 7 heteroatoms. The summed E-state index contributed by atoms with van der Waals surface area (Å²) in [5.74, 6) is -0.0230. The van der Waals surface area contributed by atoms with Crippen molar-refractivity contribution in [3.05, 3.63) is 60.3 Å². The van der Waals surface area contributed by atoms with Crippen LogP contribution in [0.4, 0.5) is 5.69 Å². The summed E-state index contributed by atoms with van der Waals surface area (Å²) in [5.41, 5.74) is 3.62. The zero-order valence-corrected chi connectivity index (χ0v) is 14.7. The molecule has 0 spiro atoms. The molecule has 0 saturated heterocycles. The Morgan fingerprint density at radius 2 is 1.89 bits per heavy atom. The number of amides is 2. The quantitative estimate of drug-likeness (QED) is 0.677. The number of aliphatic hydroxyl groups excluding tert-OH is 1. The number of nitrogens with zero attached hydrogens (tertiary/aromatic N) is 3. The van der Waals surface area contributed by atoms with Crippen LogP contribution in [-0.2, 0) is 16.6 Å². The molecule has 0 unspecified atom stereocenters. The van der Waals surface area contributed by atoms with Gasteiger partial charge in [0.25, 0.3) is 11.8 Å². The number of hydrogen-bond donors (Lipinski definition) is 2. The molecular formula is C20H18N4O3. The van der Waals surface area contributed by atoms with E-state index in [2.05, 4.69) is 5.32 Å². The molecule has 0 aliphatic carbocycles. The van der Waals surface area contributed by atoms with E-state index in [0.29, 0.717) is 5.69 Å². The largest absolute Gasteiger partial charge is 0.395 e. The number of hydrogen-bond acceptors (Lipinski definition) is 5. The summed E-state index contributed by atoms with van der Waals surface area (Å²) in [6.45, 7) is -0.278. The van der Waals surface area contributed by atoms with Gasteiger partial charge in [-0.15, -0.1) is 0 Å². The molecule has 4 rings (SSSR count). The molecule has 136 valence electrons. The maximum absolute atomic E-state index is 12.3. The van der Waals surface area contributed by atoms with Crippen LogP contribution < -0.4 is 5.32 Å². The Kier molecular flexibility index (Phi) is 4.21. The van der Waals surface area contributed by atoms with Crippen molar-refractivity contribution in [3.8, 4) is 11.4 Å². The Labute approximate surface area is 155 Å². The number of aromatic nitrogens is 2. The van der Waals surface area contributed by atoms with E-state index in [9.17, 15) is 9.59 Å². The van der Waals surface area contributed by atoms with Crippen LogP contribution >= 0.6 is 0 Å². The molecule has 1 aliphatic rings. The highest BCUT2D eigenvalue weighted by atomic mass is 16.3. The van der Waals surface area contributed by atoms with Gasteiger partial charge in [0.1, 0.15) is 11.5 Å². The summed E-state index contributed by atoms with van der Waals surface area (Å²) in [7, 11) is 1.96. The molecule has 27 heavy (non-hydrogen) atoms. The number of carbonyl (C=O) groups excluding carboxylic acids is 2. The van der Waals surface area contributed by atoms with Gasteiger partial charge in [0.2, 0.25) is 0 Å². The van der Waals surface area contributed by atoms with Gasteiger partial charge in [-0.3, -0.25) is 14.5 Å². The van der Waals surface area contributed by atoms with Gasteiger partial charge in [-0.05, 0) is 18.2 Å². The molecule has 2 aromatic carbocycles. The maximum Gasteiger partial charge on any atom is 0.277 e. The van der Waals surface area contributed by atoms with Crippen molar-refractivity contribution in [2.75, 3.05) is 18.5 Å². The normalized spacial score (nSPS) is 14.1. The van der Waals surface area contributed by atoms with Crippen LogP contribution in [0.15, 0.2) is 60.3 Å². The van der Waals surface area contributed by atoms with Gasteiger partial charge < -0.3 is 15.0 Å². The van der Waals surface area contributed by atoms with Crippen molar-refractivity contribution in [1.29, 1.82) is 0 Å². The van der Waals surface area contributed by atoms with Crippen molar-refractivity contribution < 1.29 is 14.7 Å². The first-order chi connectivity index (χ1) is 13.1. The molecule has 0 saturated carbocycles. The lowest BCUT2D eigenvalue weighted by Crippen LogP contribution is -2.34. The van der Waals surface area contributed by atoms with Crippen LogP contribution in [0.5, 0.6) is 0 Å². The van der Waals surface area contributed by atoms with Crippen molar-refractivity contribution in [1.82, 2.24) is 14.5 Å². The number of imidazole rings is 1. The predicted octanol–water partition coefficient (Wildman–Crippen LogP) is 1.90. The van der Waals surface area contributed by atoms with Crippen LogP contribution in [-0.4, -0.2) is 44.5 Å². The number of aliphatic hydroxyl groups is 1. The van der Waals surface area contributed by atoms with E-state index in [0.717, 1.165) is 27.3 Å². The van der Waals surface area contributed by atoms with Gasteiger partial charge in [-0.25, -0.2) is 4.98 Å². The van der Waals surface area contributed by atoms with Gasteiger partial charge in [-0.1, -0.05) is 30.3 Å². The van der Waals surface area contributed by atoms with Crippen LogP contribution in [0, 0.1) is 0 Å². The molecule has 2 heterocycles. The predicted molar refractivity (Wildman–Crippen MR) is 102 cm³/mol. The highest BCUT2D eigenvalue weighted by Crippen LogP contribution is 2.26. The zero-order chi connectivity index (χ0) is 19.0.